The van der Waals surface area contributed by atoms with E-state index < -0.39 is 5.60 Å². The van der Waals surface area contributed by atoms with Gasteiger partial charge in [0.2, 0.25) is 0 Å². The SMILES string of the molecule is CC(C)(C)OC(=O)N(c1cc(Cl)cc2c(CBr)csc12)C1CC1. The van der Waals surface area contributed by atoms with Crippen molar-refractivity contribution in [3.8, 4) is 0 Å². The molecular formula is C17H19BrClNO2S. The third-order valence-electron chi connectivity index (χ3n) is 3.60. The lowest BCUT2D eigenvalue weighted by Gasteiger charge is -2.28. The Balaban J connectivity index is 2.08. The second-order valence-electron chi connectivity index (χ2n) is 6.78. The molecule has 1 heterocycles. The molecule has 23 heavy (non-hydrogen) atoms. The van der Waals surface area contributed by atoms with E-state index in [2.05, 4.69) is 21.3 Å². The van der Waals surface area contributed by atoms with Gasteiger partial charge in [0.1, 0.15) is 5.60 Å². The Labute approximate surface area is 153 Å². The highest BCUT2D eigenvalue weighted by Gasteiger charge is 2.37. The van der Waals surface area contributed by atoms with Crippen LogP contribution >= 0.6 is 38.9 Å². The van der Waals surface area contributed by atoms with Crippen molar-refractivity contribution in [3.05, 3.63) is 28.1 Å². The molecule has 1 aromatic carbocycles. The van der Waals surface area contributed by atoms with Gasteiger partial charge in [0.15, 0.2) is 0 Å². The summed E-state index contributed by atoms with van der Waals surface area (Å²) in [4.78, 5) is 14.5. The average Bonchev–Trinajstić information content (AvgIpc) is 3.16. The highest BCUT2D eigenvalue weighted by Crippen LogP contribution is 2.42. The quantitative estimate of drug-likeness (QED) is 0.545. The van der Waals surface area contributed by atoms with E-state index in [0.717, 1.165) is 33.9 Å². The molecule has 1 aliphatic carbocycles. The summed E-state index contributed by atoms with van der Waals surface area (Å²) in [6.07, 6.45) is 1.71. The molecule has 1 saturated carbocycles. The third-order valence-corrected chi connectivity index (χ3v) is 5.49. The van der Waals surface area contributed by atoms with E-state index in [1.54, 1.807) is 16.2 Å². The van der Waals surface area contributed by atoms with Gasteiger partial charge in [-0.25, -0.2) is 4.79 Å². The van der Waals surface area contributed by atoms with E-state index in [1.165, 1.54) is 5.56 Å². The molecule has 1 aliphatic rings. The fourth-order valence-electron chi connectivity index (χ4n) is 2.51. The van der Waals surface area contributed by atoms with E-state index in [9.17, 15) is 4.79 Å². The van der Waals surface area contributed by atoms with Gasteiger partial charge in [-0.15, -0.1) is 11.3 Å². The molecule has 6 heteroatoms. The van der Waals surface area contributed by atoms with Crippen LogP contribution in [0.3, 0.4) is 0 Å². The second-order valence-corrected chi connectivity index (χ2v) is 8.65. The lowest BCUT2D eigenvalue weighted by molar-refractivity contribution is 0.0578. The van der Waals surface area contributed by atoms with Crippen molar-refractivity contribution in [1.82, 2.24) is 0 Å². The molecule has 0 radical (unpaired) electrons. The van der Waals surface area contributed by atoms with E-state index in [4.69, 9.17) is 16.3 Å². The fraction of sp³-hybridized carbons (Fsp3) is 0.471. The van der Waals surface area contributed by atoms with Crippen molar-refractivity contribution >= 4 is 60.7 Å². The molecule has 0 spiro atoms. The number of thiophene rings is 1. The number of carbonyl (C=O) groups is 1. The number of alkyl halides is 1. The van der Waals surface area contributed by atoms with Crippen LogP contribution in [0.15, 0.2) is 17.5 Å². The number of carbonyl (C=O) groups excluding carboxylic acids is 1. The molecule has 0 atom stereocenters. The van der Waals surface area contributed by atoms with E-state index >= 15 is 0 Å². The zero-order valence-corrected chi connectivity index (χ0v) is 16.5. The maximum Gasteiger partial charge on any atom is 0.415 e. The van der Waals surface area contributed by atoms with Crippen molar-refractivity contribution in [2.75, 3.05) is 4.90 Å². The van der Waals surface area contributed by atoms with Crippen LogP contribution in [-0.4, -0.2) is 17.7 Å². The van der Waals surface area contributed by atoms with Crippen LogP contribution in [0.25, 0.3) is 10.1 Å². The van der Waals surface area contributed by atoms with Gasteiger partial charge in [0.05, 0.1) is 10.4 Å². The van der Waals surface area contributed by atoms with Crippen LogP contribution in [0.1, 0.15) is 39.2 Å². The van der Waals surface area contributed by atoms with E-state index in [-0.39, 0.29) is 12.1 Å². The topological polar surface area (TPSA) is 29.5 Å². The Hall–Kier alpha value is -0.780. The number of anilines is 1. The molecule has 2 aromatic rings. The van der Waals surface area contributed by atoms with Crippen molar-refractivity contribution in [3.63, 3.8) is 0 Å². The van der Waals surface area contributed by atoms with Crippen LogP contribution in [0.4, 0.5) is 10.5 Å². The smallest absolute Gasteiger partial charge is 0.415 e. The van der Waals surface area contributed by atoms with Crippen molar-refractivity contribution in [2.24, 2.45) is 0 Å². The van der Waals surface area contributed by atoms with Crippen molar-refractivity contribution in [2.45, 2.75) is 50.6 Å². The van der Waals surface area contributed by atoms with Crippen molar-refractivity contribution in [1.29, 1.82) is 0 Å². The lowest BCUT2D eigenvalue weighted by Crippen LogP contribution is -2.38. The van der Waals surface area contributed by atoms with Crippen LogP contribution in [0.5, 0.6) is 0 Å². The summed E-state index contributed by atoms with van der Waals surface area (Å²) in [5.74, 6) is 0. The molecule has 1 fully saturated rings. The minimum Gasteiger partial charge on any atom is -0.443 e. The second kappa shape index (κ2) is 6.26. The summed E-state index contributed by atoms with van der Waals surface area (Å²) in [5.41, 5.74) is 1.54. The van der Waals surface area contributed by atoms with Gasteiger partial charge >= 0.3 is 6.09 Å². The van der Waals surface area contributed by atoms with Gasteiger partial charge in [-0.3, -0.25) is 4.90 Å². The highest BCUT2D eigenvalue weighted by molar-refractivity contribution is 9.08. The molecule has 124 valence electrons. The number of nitrogens with zero attached hydrogens (tertiary/aromatic N) is 1. The van der Waals surface area contributed by atoms with Crippen LogP contribution < -0.4 is 4.90 Å². The normalized spacial score (nSPS) is 15.0. The molecule has 0 bridgehead atoms. The summed E-state index contributed by atoms with van der Waals surface area (Å²) in [6.45, 7) is 5.66. The van der Waals surface area contributed by atoms with Gasteiger partial charge in [0.25, 0.3) is 0 Å². The predicted octanol–water partition coefficient (Wildman–Crippen LogP) is 6.35. The molecule has 1 amide bonds. The maximum absolute atomic E-state index is 12.7. The zero-order chi connectivity index (χ0) is 16.8. The number of benzene rings is 1. The molecule has 0 N–H and O–H groups in total. The number of halogens is 2. The summed E-state index contributed by atoms with van der Waals surface area (Å²) in [5, 5.41) is 4.62. The number of hydrogen-bond acceptors (Lipinski definition) is 3. The Morgan fingerprint density at radius 3 is 2.70 bits per heavy atom. The monoisotopic (exact) mass is 415 g/mol. The molecule has 0 unspecified atom stereocenters. The molecule has 1 aromatic heterocycles. The zero-order valence-electron chi connectivity index (χ0n) is 13.4. The first kappa shape index (κ1) is 17.1. The van der Waals surface area contributed by atoms with Gasteiger partial charge in [0, 0.05) is 21.8 Å². The number of rotatable bonds is 3. The largest absolute Gasteiger partial charge is 0.443 e. The highest BCUT2D eigenvalue weighted by atomic mass is 79.9. The molecule has 3 rings (SSSR count). The van der Waals surface area contributed by atoms with Crippen LogP contribution in [0.2, 0.25) is 5.02 Å². The Morgan fingerprint density at radius 1 is 1.43 bits per heavy atom. The van der Waals surface area contributed by atoms with Gasteiger partial charge in [-0.2, -0.15) is 0 Å². The Bertz CT molecular complexity index is 749. The maximum atomic E-state index is 12.7. The Kier molecular flexibility index (Phi) is 4.64. The summed E-state index contributed by atoms with van der Waals surface area (Å²) in [7, 11) is 0. The van der Waals surface area contributed by atoms with E-state index in [1.807, 2.05) is 32.9 Å². The lowest BCUT2D eigenvalue weighted by atomic mass is 10.1. The summed E-state index contributed by atoms with van der Waals surface area (Å²) >= 11 is 11.5. The fourth-order valence-corrected chi connectivity index (χ4v) is 4.46. The third kappa shape index (κ3) is 3.67. The summed E-state index contributed by atoms with van der Waals surface area (Å²) in [6, 6.07) is 4.05. The standard InChI is InChI=1S/C17H19BrClNO2S/c1-17(2,3)22-16(21)20(12-4-5-12)14-7-11(19)6-13-10(8-18)9-23-15(13)14/h6-7,9,12H,4-5,8H2,1-3H3. The number of fused-ring (bicyclic) bond motifs is 1. The summed E-state index contributed by atoms with van der Waals surface area (Å²) < 4.78 is 6.70. The van der Waals surface area contributed by atoms with Gasteiger partial charge in [-0.1, -0.05) is 27.5 Å². The molecule has 0 aliphatic heterocycles. The first-order chi connectivity index (χ1) is 10.8. The molecule has 3 nitrogen and oxygen atoms in total. The number of hydrogen-bond donors (Lipinski definition) is 0. The minimum absolute atomic E-state index is 0.209. The molecular weight excluding hydrogens is 398 g/mol. The van der Waals surface area contributed by atoms with Crippen LogP contribution in [-0.2, 0) is 10.1 Å². The predicted molar refractivity (Wildman–Crippen MR) is 101 cm³/mol. The first-order valence-electron chi connectivity index (χ1n) is 7.58. The van der Waals surface area contributed by atoms with E-state index in [0.29, 0.717) is 5.02 Å². The minimum atomic E-state index is -0.515. The van der Waals surface area contributed by atoms with Gasteiger partial charge in [-0.05, 0) is 56.7 Å². The first-order valence-corrected chi connectivity index (χ1v) is 9.96. The number of ether oxygens (including phenoxy) is 1. The van der Waals surface area contributed by atoms with Gasteiger partial charge < -0.3 is 4.74 Å². The number of amides is 1. The molecule has 0 saturated heterocycles. The van der Waals surface area contributed by atoms with Crippen molar-refractivity contribution < 1.29 is 9.53 Å². The van der Waals surface area contributed by atoms with Crippen LogP contribution in [0, 0.1) is 0 Å². The average molecular weight is 417 g/mol. The Morgan fingerprint density at radius 2 is 2.13 bits per heavy atom.